The molecule has 1 aromatic rings. The summed E-state index contributed by atoms with van der Waals surface area (Å²) in [5, 5.41) is 3.46. The van der Waals surface area contributed by atoms with Crippen LogP contribution in [0.5, 0.6) is 0 Å². The monoisotopic (exact) mass is 260 g/mol. The van der Waals surface area contributed by atoms with Gasteiger partial charge in [-0.05, 0) is 18.4 Å². The van der Waals surface area contributed by atoms with Crippen LogP contribution in [0.1, 0.15) is 56.6 Å². The second-order valence-corrected chi connectivity index (χ2v) is 5.45. The zero-order valence-corrected chi connectivity index (χ0v) is 11.5. The number of hydrogen-bond acceptors (Lipinski definition) is 2. The van der Waals surface area contributed by atoms with E-state index in [0.717, 1.165) is 18.4 Å². The van der Waals surface area contributed by atoms with Crippen molar-refractivity contribution in [2.75, 3.05) is 0 Å². The highest BCUT2D eigenvalue weighted by atomic mass is 16.1. The van der Waals surface area contributed by atoms with Gasteiger partial charge in [0.1, 0.15) is 6.04 Å². The van der Waals surface area contributed by atoms with E-state index in [0.29, 0.717) is 6.04 Å². The van der Waals surface area contributed by atoms with E-state index in [1.54, 1.807) is 0 Å². The predicted molar refractivity (Wildman–Crippen MR) is 77.6 cm³/mol. The van der Waals surface area contributed by atoms with Gasteiger partial charge in [0.15, 0.2) is 0 Å². The van der Waals surface area contributed by atoms with E-state index in [9.17, 15) is 4.79 Å². The molecule has 0 spiro atoms. The lowest BCUT2D eigenvalue weighted by atomic mass is 9.95. The van der Waals surface area contributed by atoms with Crippen molar-refractivity contribution < 1.29 is 4.79 Å². The van der Waals surface area contributed by atoms with Crippen molar-refractivity contribution >= 4 is 5.91 Å². The first kappa shape index (κ1) is 14.1. The van der Waals surface area contributed by atoms with Gasteiger partial charge in [0, 0.05) is 6.04 Å². The average Bonchev–Trinajstić information content (AvgIpc) is 2.38. The topological polar surface area (TPSA) is 55.1 Å². The highest BCUT2D eigenvalue weighted by molar-refractivity contribution is 5.81. The SMILES string of the molecule is NC(=O)[C@H](NC1CCCCCCC1)c1ccccc1. The summed E-state index contributed by atoms with van der Waals surface area (Å²) in [4.78, 5) is 11.7. The smallest absolute Gasteiger partial charge is 0.239 e. The quantitative estimate of drug-likeness (QED) is 0.874. The number of amides is 1. The van der Waals surface area contributed by atoms with Gasteiger partial charge < -0.3 is 5.73 Å². The van der Waals surface area contributed by atoms with Gasteiger partial charge in [-0.1, -0.05) is 62.4 Å². The van der Waals surface area contributed by atoms with Crippen LogP contribution < -0.4 is 11.1 Å². The summed E-state index contributed by atoms with van der Waals surface area (Å²) in [7, 11) is 0. The Balaban J connectivity index is 2.01. The van der Waals surface area contributed by atoms with Crippen molar-refractivity contribution in [3.05, 3.63) is 35.9 Å². The molecule has 3 heteroatoms. The van der Waals surface area contributed by atoms with Crippen LogP contribution in [0, 0.1) is 0 Å². The maximum Gasteiger partial charge on any atom is 0.239 e. The molecule has 0 heterocycles. The van der Waals surface area contributed by atoms with Gasteiger partial charge >= 0.3 is 0 Å². The first-order valence-electron chi connectivity index (χ1n) is 7.37. The van der Waals surface area contributed by atoms with E-state index in [1.165, 1.54) is 32.1 Å². The van der Waals surface area contributed by atoms with Gasteiger partial charge in [-0.15, -0.1) is 0 Å². The number of primary amides is 1. The lowest BCUT2D eigenvalue weighted by Gasteiger charge is -2.25. The lowest BCUT2D eigenvalue weighted by Crippen LogP contribution is -2.40. The van der Waals surface area contributed by atoms with Gasteiger partial charge in [0.05, 0.1) is 0 Å². The normalized spacial score (nSPS) is 19.4. The molecular formula is C16H24N2O. The average molecular weight is 260 g/mol. The Bertz CT molecular complexity index is 383. The molecule has 0 radical (unpaired) electrons. The highest BCUT2D eigenvalue weighted by Gasteiger charge is 2.21. The number of rotatable bonds is 4. The Labute approximate surface area is 115 Å². The van der Waals surface area contributed by atoms with Gasteiger partial charge in [0.2, 0.25) is 5.91 Å². The van der Waals surface area contributed by atoms with Gasteiger partial charge in [-0.3, -0.25) is 10.1 Å². The molecule has 1 aromatic carbocycles. The van der Waals surface area contributed by atoms with E-state index in [2.05, 4.69) is 5.32 Å². The summed E-state index contributed by atoms with van der Waals surface area (Å²) in [5.74, 6) is -0.284. The van der Waals surface area contributed by atoms with Crippen LogP contribution in [0.15, 0.2) is 30.3 Å². The fourth-order valence-corrected chi connectivity index (χ4v) is 2.85. The van der Waals surface area contributed by atoms with E-state index in [-0.39, 0.29) is 11.9 Å². The molecule has 1 aliphatic carbocycles. The van der Waals surface area contributed by atoms with Crippen LogP contribution in [0.25, 0.3) is 0 Å². The molecule has 2 rings (SSSR count). The number of carbonyl (C=O) groups excluding carboxylic acids is 1. The van der Waals surface area contributed by atoms with Crippen LogP contribution in [0.3, 0.4) is 0 Å². The summed E-state index contributed by atoms with van der Waals surface area (Å²) >= 11 is 0. The molecule has 1 saturated carbocycles. The summed E-state index contributed by atoms with van der Waals surface area (Å²) in [6, 6.07) is 9.84. The van der Waals surface area contributed by atoms with E-state index < -0.39 is 0 Å². The van der Waals surface area contributed by atoms with Crippen LogP contribution in [0.2, 0.25) is 0 Å². The van der Waals surface area contributed by atoms with Gasteiger partial charge in [0.25, 0.3) is 0 Å². The molecule has 19 heavy (non-hydrogen) atoms. The third-order valence-electron chi connectivity index (χ3n) is 3.92. The molecule has 1 fully saturated rings. The molecule has 0 saturated heterocycles. The summed E-state index contributed by atoms with van der Waals surface area (Å²) in [5.41, 5.74) is 6.52. The van der Waals surface area contributed by atoms with Crippen molar-refractivity contribution in [2.24, 2.45) is 5.73 Å². The summed E-state index contributed by atoms with van der Waals surface area (Å²) in [6.45, 7) is 0. The van der Waals surface area contributed by atoms with Crippen molar-refractivity contribution in [1.29, 1.82) is 0 Å². The summed E-state index contributed by atoms with van der Waals surface area (Å²) < 4.78 is 0. The standard InChI is InChI=1S/C16H24N2O/c17-16(19)15(13-9-5-4-6-10-13)18-14-11-7-2-1-3-8-12-14/h4-6,9-10,14-15,18H,1-3,7-8,11-12H2,(H2,17,19)/t15-/m1/s1. The molecule has 1 atom stereocenters. The third kappa shape index (κ3) is 4.35. The van der Waals surface area contributed by atoms with E-state index in [1.807, 2.05) is 30.3 Å². The molecule has 1 amide bonds. The number of benzene rings is 1. The van der Waals surface area contributed by atoms with Crippen LogP contribution in [-0.2, 0) is 4.79 Å². The first-order valence-corrected chi connectivity index (χ1v) is 7.37. The fourth-order valence-electron chi connectivity index (χ4n) is 2.85. The highest BCUT2D eigenvalue weighted by Crippen LogP contribution is 2.20. The maximum atomic E-state index is 11.7. The van der Waals surface area contributed by atoms with E-state index in [4.69, 9.17) is 5.73 Å². The minimum absolute atomic E-state index is 0.284. The Morgan fingerprint density at radius 3 is 2.21 bits per heavy atom. The number of nitrogens with two attached hydrogens (primary N) is 1. The molecular weight excluding hydrogens is 236 g/mol. The second kappa shape index (κ2) is 7.29. The number of nitrogens with one attached hydrogen (secondary N) is 1. The van der Waals surface area contributed by atoms with Crippen molar-refractivity contribution in [3.8, 4) is 0 Å². The zero-order valence-electron chi connectivity index (χ0n) is 11.5. The van der Waals surface area contributed by atoms with Crippen molar-refractivity contribution in [2.45, 2.75) is 57.0 Å². The van der Waals surface area contributed by atoms with Gasteiger partial charge in [-0.2, -0.15) is 0 Å². The molecule has 3 N–H and O–H groups in total. The molecule has 0 bridgehead atoms. The minimum Gasteiger partial charge on any atom is -0.368 e. The Morgan fingerprint density at radius 2 is 1.63 bits per heavy atom. The molecule has 1 aliphatic rings. The molecule has 0 aliphatic heterocycles. The largest absolute Gasteiger partial charge is 0.368 e. The second-order valence-electron chi connectivity index (χ2n) is 5.45. The maximum absolute atomic E-state index is 11.7. The molecule has 3 nitrogen and oxygen atoms in total. The summed E-state index contributed by atoms with van der Waals surface area (Å²) in [6.07, 6.45) is 8.77. The Morgan fingerprint density at radius 1 is 1.05 bits per heavy atom. The zero-order chi connectivity index (χ0) is 13.5. The number of carbonyl (C=O) groups is 1. The van der Waals surface area contributed by atoms with E-state index >= 15 is 0 Å². The molecule has 0 aromatic heterocycles. The minimum atomic E-state index is -0.356. The lowest BCUT2D eigenvalue weighted by molar-refractivity contribution is -0.120. The third-order valence-corrected chi connectivity index (χ3v) is 3.92. The Kier molecular flexibility index (Phi) is 5.40. The van der Waals surface area contributed by atoms with Crippen LogP contribution >= 0.6 is 0 Å². The fraction of sp³-hybridized carbons (Fsp3) is 0.562. The van der Waals surface area contributed by atoms with Crippen molar-refractivity contribution in [3.63, 3.8) is 0 Å². The molecule has 0 unspecified atom stereocenters. The van der Waals surface area contributed by atoms with Crippen LogP contribution in [0.4, 0.5) is 0 Å². The first-order chi connectivity index (χ1) is 9.27. The number of hydrogen-bond donors (Lipinski definition) is 2. The Hall–Kier alpha value is -1.35. The molecule has 104 valence electrons. The van der Waals surface area contributed by atoms with Crippen molar-refractivity contribution in [1.82, 2.24) is 5.32 Å². The van der Waals surface area contributed by atoms with Crippen LogP contribution in [-0.4, -0.2) is 11.9 Å². The van der Waals surface area contributed by atoms with Gasteiger partial charge in [-0.25, -0.2) is 0 Å². The predicted octanol–water partition coefficient (Wildman–Crippen LogP) is 2.92.